The lowest BCUT2D eigenvalue weighted by Gasteiger charge is -2.26. The Labute approximate surface area is 231 Å². The number of ketones is 1. The number of Topliss-reactive ketones (excluding diaryl/α,β-unsaturated/α-hetero) is 1. The van der Waals surface area contributed by atoms with Crippen LogP contribution in [0.3, 0.4) is 0 Å². The van der Waals surface area contributed by atoms with Crippen molar-refractivity contribution >= 4 is 17.4 Å². The summed E-state index contributed by atoms with van der Waals surface area (Å²) < 4.78 is 5.92. The third kappa shape index (κ3) is 6.58. The molecule has 0 unspecified atom stereocenters. The zero-order valence-corrected chi connectivity index (χ0v) is 23.5. The molecule has 1 atom stereocenters. The second kappa shape index (κ2) is 12.3. The highest BCUT2D eigenvalue weighted by molar-refractivity contribution is 6.46. The topological polar surface area (TPSA) is 70.1 Å². The molecule has 1 N–H and O–H groups in total. The van der Waals surface area contributed by atoms with Gasteiger partial charge in [-0.2, -0.15) is 0 Å². The van der Waals surface area contributed by atoms with Gasteiger partial charge in [0.15, 0.2) is 0 Å². The Morgan fingerprint density at radius 2 is 1.69 bits per heavy atom. The standard InChI is InChI=1S/C33H38N2O4/c1-22(2)25-10-12-26(13-11-25)30-29(32(37)33(38)35(30)19-7-18-34(4)5)31(36)27-14-16-28(17-15-27)39-21-24-9-6-8-23(3)20-24/h6,8-17,20,22,30,36H,7,18-19,21H2,1-5H3/t30-/m1/s1. The van der Waals surface area contributed by atoms with Crippen molar-refractivity contribution in [3.63, 3.8) is 0 Å². The predicted octanol–water partition coefficient (Wildman–Crippen LogP) is 6.07. The van der Waals surface area contributed by atoms with Crippen molar-refractivity contribution in [2.45, 2.75) is 45.8 Å². The summed E-state index contributed by atoms with van der Waals surface area (Å²) in [6.07, 6.45) is 0.716. The van der Waals surface area contributed by atoms with E-state index in [0.29, 0.717) is 36.8 Å². The van der Waals surface area contributed by atoms with Crippen molar-refractivity contribution in [3.05, 3.63) is 106 Å². The van der Waals surface area contributed by atoms with Gasteiger partial charge in [0.25, 0.3) is 11.7 Å². The van der Waals surface area contributed by atoms with Crippen LogP contribution in [0, 0.1) is 6.92 Å². The van der Waals surface area contributed by atoms with Crippen LogP contribution in [0.1, 0.15) is 60.0 Å². The van der Waals surface area contributed by atoms with Crippen LogP contribution >= 0.6 is 0 Å². The number of amides is 1. The number of carbonyl (C=O) groups excluding carboxylic acids is 2. The summed E-state index contributed by atoms with van der Waals surface area (Å²) in [5.74, 6) is -0.400. The minimum atomic E-state index is -0.657. The fraction of sp³-hybridized carbons (Fsp3) is 0.333. The zero-order chi connectivity index (χ0) is 28.1. The Morgan fingerprint density at radius 1 is 1.00 bits per heavy atom. The van der Waals surface area contributed by atoms with E-state index in [4.69, 9.17) is 4.74 Å². The van der Waals surface area contributed by atoms with Gasteiger partial charge < -0.3 is 19.6 Å². The summed E-state index contributed by atoms with van der Waals surface area (Å²) in [5.41, 5.74) is 4.80. The number of benzene rings is 3. The molecule has 6 nitrogen and oxygen atoms in total. The number of ether oxygens (including phenoxy) is 1. The smallest absolute Gasteiger partial charge is 0.295 e. The molecule has 0 aliphatic carbocycles. The molecule has 1 amide bonds. The van der Waals surface area contributed by atoms with Gasteiger partial charge in [-0.3, -0.25) is 9.59 Å². The predicted molar refractivity (Wildman–Crippen MR) is 155 cm³/mol. The summed E-state index contributed by atoms with van der Waals surface area (Å²) in [6.45, 7) is 7.91. The Morgan fingerprint density at radius 3 is 2.31 bits per heavy atom. The highest BCUT2D eigenvalue weighted by Gasteiger charge is 2.45. The Hall–Kier alpha value is -3.90. The van der Waals surface area contributed by atoms with Gasteiger partial charge in [0.2, 0.25) is 0 Å². The van der Waals surface area contributed by atoms with Gasteiger partial charge in [-0.05, 0) is 80.9 Å². The molecule has 4 rings (SSSR count). The van der Waals surface area contributed by atoms with Gasteiger partial charge in [-0.1, -0.05) is 67.9 Å². The normalized spacial score (nSPS) is 16.9. The highest BCUT2D eigenvalue weighted by Crippen LogP contribution is 2.40. The summed E-state index contributed by atoms with van der Waals surface area (Å²) in [7, 11) is 3.95. The molecule has 0 spiro atoms. The van der Waals surface area contributed by atoms with Crippen LogP contribution in [0.15, 0.2) is 78.4 Å². The van der Waals surface area contributed by atoms with Gasteiger partial charge in [-0.15, -0.1) is 0 Å². The SMILES string of the molecule is Cc1cccc(COc2ccc(C(O)=C3C(=O)C(=O)N(CCCN(C)C)[C@@H]3c3ccc(C(C)C)cc3)cc2)c1. The number of carbonyl (C=O) groups is 2. The van der Waals surface area contributed by atoms with Crippen molar-refractivity contribution in [3.8, 4) is 5.75 Å². The van der Waals surface area contributed by atoms with E-state index in [1.807, 2.05) is 68.4 Å². The van der Waals surface area contributed by atoms with Crippen LogP contribution in [-0.4, -0.2) is 53.8 Å². The molecule has 6 heteroatoms. The monoisotopic (exact) mass is 526 g/mol. The van der Waals surface area contributed by atoms with Crippen LogP contribution in [0.2, 0.25) is 0 Å². The van der Waals surface area contributed by atoms with E-state index < -0.39 is 17.7 Å². The number of aryl methyl sites for hydroxylation is 1. The summed E-state index contributed by atoms with van der Waals surface area (Å²) in [4.78, 5) is 30.1. The zero-order valence-electron chi connectivity index (χ0n) is 23.5. The van der Waals surface area contributed by atoms with Crippen LogP contribution in [0.5, 0.6) is 5.75 Å². The number of aliphatic hydroxyl groups is 1. The fourth-order valence-corrected chi connectivity index (χ4v) is 4.91. The molecule has 1 saturated heterocycles. The molecule has 204 valence electrons. The minimum absolute atomic E-state index is 0.121. The Balaban J connectivity index is 1.64. The largest absolute Gasteiger partial charge is 0.507 e. The van der Waals surface area contributed by atoms with Crippen LogP contribution in [-0.2, 0) is 16.2 Å². The highest BCUT2D eigenvalue weighted by atomic mass is 16.5. The molecule has 1 fully saturated rings. The molecule has 3 aromatic carbocycles. The number of nitrogens with zero attached hydrogens (tertiary/aromatic N) is 2. The van der Waals surface area contributed by atoms with Crippen LogP contribution in [0.25, 0.3) is 5.76 Å². The number of rotatable bonds is 10. The van der Waals surface area contributed by atoms with E-state index in [9.17, 15) is 14.7 Å². The quantitative estimate of drug-likeness (QED) is 0.197. The van der Waals surface area contributed by atoms with Crippen molar-refractivity contribution in [2.75, 3.05) is 27.2 Å². The minimum Gasteiger partial charge on any atom is -0.507 e. The molecule has 1 aliphatic heterocycles. The number of hydrogen-bond donors (Lipinski definition) is 1. The molecule has 0 radical (unpaired) electrons. The van der Waals surface area contributed by atoms with Crippen molar-refractivity contribution in [1.82, 2.24) is 9.80 Å². The first-order chi connectivity index (χ1) is 18.7. The van der Waals surface area contributed by atoms with Crippen molar-refractivity contribution < 1.29 is 19.4 Å². The van der Waals surface area contributed by atoms with Gasteiger partial charge >= 0.3 is 0 Å². The summed E-state index contributed by atoms with van der Waals surface area (Å²) >= 11 is 0. The van der Waals surface area contributed by atoms with Gasteiger partial charge in [0.05, 0.1) is 11.6 Å². The Bertz CT molecular complexity index is 1340. The van der Waals surface area contributed by atoms with Crippen LogP contribution < -0.4 is 4.74 Å². The fourth-order valence-electron chi connectivity index (χ4n) is 4.91. The van der Waals surface area contributed by atoms with Crippen LogP contribution in [0.4, 0.5) is 0 Å². The van der Waals surface area contributed by atoms with Crippen molar-refractivity contribution in [1.29, 1.82) is 0 Å². The molecular weight excluding hydrogens is 488 g/mol. The van der Waals surface area contributed by atoms with E-state index >= 15 is 0 Å². The lowest BCUT2D eigenvalue weighted by molar-refractivity contribution is -0.139. The second-order valence-corrected chi connectivity index (χ2v) is 10.8. The maximum absolute atomic E-state index is 13.3. The van der Waals surface area contributed by atoms with Gasteiger partial charge in [-0.25, -0.2) is 0 Å². The van der Waals surface area contributed by atoms with E-state index in [1.54, 1.807) is 29.2 Å². The van der Waals surface area contributed by atoms with E-state index in [2.05, 4.69) is 19.9 Å². The molecule has 0 aromatic heterocycles. The third-order valence-corrected chi connectivity index (χ3v) is 7.08. The summed E-state index contributed by atoms with van der Waals surface area (Å²) in [6, 6.07) is 22.4. The summed E-state index contributed by atoms with van der Waals surface area (Å²) in [5, 5.41) is 11.4. The van der Waals surface area contributed by atoms with E-state index in [0.717, 1.165) is 17.7 Å². The maximum Gasteiger partial charge on any atom is 0.295 e. The van der Waals surface area contributed by atoms with Gasteiger partial charge in [0, 0.05) is 12.1 Å². The first-order valence-electron chi connectivity index (χ1n) is 13.5. The van der Waals surface area contributed by atoms with E-state index in [-0.39, 0.29) is 11.3 Å². The number of aliphatic hydroxyl groups excluding tert-OH is 1. The molecule has 1 aliphatic rings. The van der Waals surface area contributed by atoms with Crippen molar-refractivity contribution in [2.24, 2.45) is 0 Å². The number of hydrogen-bond acceptors (Lipinski definition) is 5. The van der Waals surface area contributed by atoms with E-state index in [1.165, 1.54) is 11.1 Å². The first-order valence-corrected chi connectivity index (χ1v) is 13.5. The second-order valence-electron chi connectivity index (χ2n) is 10.8. The molecule has 0 bridgehead atoms. The molecule has 39 heavy (non-hydrogen) atoms. The lowest BCUT2D eigenvalue weighted by atomic mass is 9.93. The molecular formula is C33H38N2O4. The average Bonchev–Trinajstić information content (AvgIpc) is 3.17. The maximum atomic E-state index is 13.3. The molecule has 3 aromatic rings. The lowest BCUT2D eigenvalue weighted by Crippen LogP contribution is -2.32. The molecule has 0 saturated carbocycles. The Kier molecular flexibility index (Phi) is 8.87. The molecule has 1 heterocycles. The third-order valence-electron chi connectivity index (χ3n) is 7.08. The van der Waals surface area contributed by atoms with Gasteiger partial charge in [0.1, 0.15) is 18.1 Å². The average molecular weight is 527 g/mol. The number of likely N-dealkylation sites (tertiary alicyclic amines) is 1. The first kappa shape index (κ1) is 28.1.